The van der Waals surface area contributed by atoms with E-state index in [0.717, 1.165) is 4.70 Å². The van der Waals surface area contributed by atoms with Gasteiger partial charge in [-0.2, -0.15) is 0 Å². The van der Waals surface area contributed by atoms with Crippen molar-refractivity contribution in [3.05, 3.63) is 46.6 Å². The van der Waals surface area contributed by atoms with E-state index >= 15 is 0 Å². The second kappa shape index (κ2) is 7.84. The lowest BCUT2D eigenvalue weighted by atomic mass is 10.00. The van der Waals surface area contributed by atoms with Crippen LogP contribution in [0.1, 0.15) is 13.8 Å². The van der Waals surface area contributed by atoms with Gasteiger partial charge in [0.25, 0.3) is 0 Å². The van der Waals surface area contributed by atoms with Crippen LogP contribution in [0.5, 0.6) is 11.5 Å². The first-order valence-electron chi connectivity index (χ1n) is 9.30. The minimum atomic E-state index is -1.42. The summed E-state index contributed by atoms with van der Waals surface area (Å²) in [5.74, 6) is -0.782. The molecule has 0 radical (unpaired) electrons. The van der Waals surface area contributed by atoms with E-state index in [4.69, 9.17) is 14.2 Å². The Bertz CT molecular complexity index is 1170. The molecule has 0 spiro atoms. The summed E-state index contributed by atoms with van der Waals surface area (Å²) in [6, 6.07) is 9.92. The molecular formula is C21H20O8S. The van der Waals surface area contributed by atoms with Crippen molar-refractivity contribution in [3.8, 4) is 11.5 Å². The van der Waals surface area contributed by atoms with Crippen LogP contribution >= 0.6 is 11.3 Å². The molecule has 30 heavy (non-hydrogen) atoms. The SMILES string of the molecule is CC(=O)O[C@H]1[C@H](Oc2cc(O)c3c(=O)c4ccccc4sc3c2)O[C@@H](C)[C@H](O)[C@H]1O. The summed E-state index contributed by atoms with van der Waals surface area (Å²) in [6.45, 7) is 2.71. The average Bonchev–Trinajstić information content (AvgIpc) is 2.69. The fourth-order valence-corrected chi connectivity index (χ4v) is 4.63. The van der Waals surface area contributed by atoms with E-state index in [0.29, 0.717) is 10.1 Å². The quantitative estimate of drug-likeness (QED) is 0.424. The van der Waals surface area contributed by atoms with Crippen molar-refractivity contribution in [2.24, 2.45) is 0 Å². The lowest BCUT2D eigenvalue weighted by Gasteiger charge is -2.40. The van der Waals surface area contributed by atoms with E-state index in [1.807, 2.05) is 12.1 Å². The van der Waals surface area contributed by atoms with E-state index in [1.165, 1.54) is 24.3 Å². The van der Waals surface area contributed by atoms with Gasteiger partial charge in [0, 0.05) is 27.8 Å². The molecule has 2 aromatic carbocycles. The number of hydrogen-bond donors (Lipinski definition) is 3. The number of rotatable bonds is 3. The molecule has 1 aliphatic rings. The predicted octanol–water partition coefficient (Wildman–Crippen LogP) is 1.90. The Kier molecular flexibility index (Phi) is 5.37. The summed E-state index contributed by atoms with van der Waals surface area (Å²) >= 11 is 1.31. The van der Waals surface area contributed by atoms with Crippen molar-refractivity contribution in [3.63, 3.8) is 0 Å². The number of carbonyl (C=O) groups excluding carboxylic acids is 1. The van der Waals surface area contributed by atoms with Crippen LogP contribution in [0.4, 0.5) is 0 Å². The molecule has 1 aromatic heterocycles. The number of esters is 1. The number of benzene rings is 2. The minimum Gasteiger partial charge on any atom is -0.507 e. The molecule has 1 aliphatic heterocycles. The normalized spacial score (nSPS) is 26.6. The molecular weight excluding hydrogens is 412 g/mol. The number of phenols is 1. The molecule has 8 nitrogen and oxygen atoms in total. The topological polar surface area (TPSA) is 123 Å². The highest BCUT2D eigenvalue weighted by Gasteiger charge is 2.46. The van der Waals surface area contributed by atoms with Crippen LogP contribution in [-0.2, 0) is 14.3 Å². The van der Waals surface area contributed by atoms with Gasteiger partial charge in [0.1, 0.15) is 23.7 Å². The van der Waals surface area contributed by atoms with Gasteiger partial charge in [-0.3, -0.25) is 9.59 Å². The van der Waals surface area contributed by atoms with Gasteiger partial charge in [-0.05, 0) is 25.1 Å². The standard InChI is InChI=1S/C21H20O8S/c1-9-17(24)19(26)20(28-10(2)22)21(27-9)29-11-7-13(23)16-15(8-11)30-14-6-4-3-5-12(14)18(16)25/h3-9,17,19-21,23-24,26H,1-2H3/t9-,17-,19+,20+,21-/m0/s1. The van der Waals surface area contributed by atoms with Crippen LogP contribution in [0, 0.1) is 0 Å². The Morgan fingerprint density at radius 2 is 1.87 bits per heavy atom. The van der Waals surface area contributed by atoms with Crippen LogP contribution in [0.15, 0.2) is 41.2 Å². The summed E-state index contributed by atoms with van der Waals surface area (Å²) in [7, 11) is 0. The highest BCUT2D eigenvalue weighted by molar-refractivity contribution is 7.24. The Labute approximate surface area is 174 Å². The molecule has 158 valence electrons. The summed E-state index contributed by atoms with van der Waals surface area (Å²) in [5.41, 5.74) is -0.290. The summed E-state index contributed by atoms with van der Waals surface area (Å²) < 4.78 is 17.7. The van der Waals surface area contributed by atoms with Gasteiger partial charge in [-0.25, -0.2) is 0 Å². The molecule has 9 heteroatoms. The monoisotopic (exact) mass is 432 g/mol. The van der Waals surface area contributed by atoms with Gasteiger partial charge in [0.15, 0.2) is 11.5 Å². The maximum absolute atomic E-state index is 12.8. The van der Waals surface area contributed by atoms with Gasteiger partial charge in [0.2, 0.25) is 6.29 Å². The van der Waals surface area contributed by atoms with Crippen molar-refractivity contribution in [2.45, 2.75) is 44.6 Å². The molecule has 2 heterocycles. The fourth-order valence-electron chi connectivity index (χ4n) is 3.50. The number of aromatic hydroxyl groups is 1. The van der Waals surface area contributed by atoms with Gasteiger partial charge < -0.3 is 29.5 Å². The molecule has 5 atom stereocenters. The zero-order valence-electron chi connectivity index (χ0n) is 16.1. The number of aliphatic hydroxyl groups excluding tert-OH is 2. The van der Waals surface area contributed by atoms with Crippen molar-refractivity contribution in [1.29, 1.82) is 0 Å². The van der Waals surface area contributed by atoms with E-state index < -0.39 is 36.7 Å². The zero-order chi connectivity index (χ0) is 21.6. The molecule has 1 saturated heterocycles. The highest BCUT2D eigenvalue weighted by atomic mass is 32.1. The number of hydrogen-bond acceptors (Lipinski definition) is 9. The smallest absolute Gasteiger partial charge is 0.303 e. The first kappa shape index (κ1) is 20.5. The predicted molar refractivity (Wildman–Crippen MR) is 110 cm³/mol. The summed E-state index contributed by atoms with van der Waals surface area (Å²) in [4.78, 5) is 24.2. The second-order valence-electron chi connectivity index (χ2n) is 7.13. The number of carbonyl (C=O) groups is 1. The van der Waals surface area contributed by atoms with E-state index in [1.54, 1.807) is 25.1 Å². The average molecular weight is 432 g/mol. The maximum atomic E-state index is 12.8. The fraction of sp³-hybridized carbons (Fsp3) is 0.333. The third-order valence-corrected chi connectivity index (χ3v) is 6.09. The molecule has 3 N–H and O–H groups in total. The molecule has 0 bridgehead atoms. The molecule has 3 aromatic rings. The number of aliphatic hydroxyl groups is 2. The maximum Gasteiger partial charge on any atom is 0.303 e. The van der Waals surface area contributed by atoms with Crippen LogP contribution in [0.2, 0.25) is 0 Å². The second-order valence-corrected chi connectivity index (χ2v) is 8.21. The van der Waals surface area contributed by atoms with E-state index in [-0.39, 0.29) is 22.3 Å². The van der Waals surface area contributed by atoms with E-state index in [2.05, 4.69) is 0 Å². The van der Waals surface area contributed by atoms with Crippen molar-refractivity contribution in [1.82, 2.24) is 0 Å². The lowest BCUT2D eigenvalue weighted by Crippen LogP contribution is -2.59. The zero-order valence-corrected chi connectivity index (χ0v) is 17.0. The first-order valence-corrected chi connectivity index (χ1v) is 10.1. The lowest BCUT2D eigenvalue weighted by molar-refractivity contribution is -0.273. The molecule has 1 fully saturated rings. The van der Waals surface area contributed by atoms with Gasteiger partial charge in [0.05, 0.1) is 11.5 Å². The molecule has 0 saturated carbocycles. The van der Waals surface area contributed by atoms with Gasteiger partial charge >= 0.3 is 5.97 Å². The van der Waals surface area contributed by atoms with Gasteiger partial charge in [-0.1, -0.05) is 12.1 Å². The van der Waals surface area contributed by atoms with Crippen molar-refractivity contribution < 1.29 is 34.3 Å². The van der Waals surface area contributed by atoms with Crippen molar-refractivity contribution in [2.75, 3.05) is 0 Å². The van der Waals surface area contributed by atoms with E-state index in [9.17, 15) is 24.9 Å². The molecule has 0 amide bonds. The number of fused-ring (bicyclic) bond motifs is 2. The molecule has 0 aliphatic carbocycles. The first-order chi connectivity index (χ1) is 14.3. The van der Waals surface area contributed by atoms with Crippen LogP contribution in [-0.4, -0.2) is 52.0 Å². The largest absolute Gasteiger partial charge is 0.507 e. The summed E-state index contributed by atoms with van der Waals surface area (Å²) in [5, 5.41) is 31.5. The Morgan fingerprint density at radius 1 is 1.13 bits per heavy atom. The third kappa shape index (κ3) is 3.61. The van der Waals surface area contributed by atoms with Crippen molar-refractivity contribution >= 4 is 37.5 Å². The number of phenolic OH excluding ortho intramolecular Hbond substituents is 1. The minimum absolute atomic E-state index is 0.156. The Hall–Kier alpha value is -2.72. The van der Waals surface area contributed by atoms with Crippen LogP contribution in [0.3, 0.4) is 0 Å². The Morgan fingerprint density at radius 3 is 2.60 bits per heavy atom. The Balaban J connectivity index is 1.74. The third-order valence-electron chi connectivity index (χ3n) is 4.97. The molecule has 0 unspecified atom stereocenters. The summed E-state index contributed by atoms with van der Waals surface area (Å²) in [6.07, 6.45) is -5.98. The van der Waals surface area contributed by atoms with Gasteiger partial charge in [-0.15, -0.1) is 11.3 Å². The van der Waals surface area contributed by atoms with Crippen LogP contribution < -0.4 is 10.2 Å². The number of ether oxygens (including phenoxy) is 3. The van der Waals surface area contributed by atoms with Crippen LogP contribution in [0.25, 0.3) is 20.2 Å². The molecule has 4 rings (SSSR count). The highest BCUT2D eigenvalue weighted by Crippen LogP contribution is 2.35.